The molecule has 0 bridgehead atoms. The van der Waals surface area contributed by atoms with Crippen LogP contribution >= 0.6 is 22.7 Å². The van der Waals surface area contributed by atoms with E-state index in [1.165, 1.54) is 117 Å². The number of benzene rings is 1. The van der Waals surface area contributed by atoms with Crippen molar-refractivity contribution in [3.63, 3.8) is 0 Å². The van der Waals surface area contributed by atoms with E-state index in [0.717, 1.165) is 49.7 Å². The molecule has 4 nitrogen and oxygen atoms in total. The molecule has 0 radical (unpaired) electrons. The molecule has 1 aromatic carbocycles. The van der Waals surface area contributed by atoms with Gasteiger partial charge in [-0.2, -0.15) is 21.0 Å². The number of nitriles is 4. The van der Waals surface area contributed by atoms with Crippen LogP contribution in [0.5, 0.6) is 0 Å². The molecule has 0 unspecified atom stereocenters. The van der Waals surface area contributed by atoms with Crippen LogP contribution in [-0.4, -0.2) is 0 Å². The lowest BCUT2D eigenvalue weighted by Gasteiger charge is -2.37. The molecule has 246 valence electrons. The second kappa shape index (κ2) is 12.1. The molecule has 2 spiro atoms. The number of thiophene rings is 2. The van der Waals surface area contributed by atoms with Gasteiger partial charge in [0, 0.05) is 30.3 Å². The highest BCUT2D eigenvalue weighted by Crippen LogP contribution is 2.65. The molecule has 0 N–H and O–H groups in total. The van der Waals surface area contributed by atoms with Crippen LogP contribution < -0.4 is 0 Å². The first-order valence-corrected chi connectivity index (χ1v) is 20.1. The van der Waals surface area contributed by atoms with Crippen molar-refractivity contribution in [1.29, 1.82) is 21.0 Å². The van der Waals surface area contributed by atoms with Gasteiger partial charge in [0.05, 0.1) is 0 Å². The van der Waals surface area contributed by atoms with Gasteiger partial charge in [-0.25, -0.2) is 0 Å². The smallest absolute Gasteiger partial charge is 0.132 e. The topological polar surface area (TPSA) is 95.2 Å². The number of hydrogen-bond donors (Lipinski definition) is 0. The first-order valence-electron chi connectivity index (χ1n) is 18.5. The first-order chi connectivity index (χ1) is 24.5. The zero-order chi connectivity index (χ0) is 34.0. The highest BCUT2D eigenvalue weighted by Gasteiger charge is 2.50. The van der Waals surface area contributed by atoms with E-state index in [1.54, 1.807) is 11.1 Å². The van der Waals surface area contributed by atoms with E-state index >= 15 is 0 Å². The lowest BCUT2D eigenvalue weighted by molar-refractivity contribution is 0.350. The monoisotopic (exact) mass is 686 g/mol. The van der Waals surface area contributed by atoms with Crippen molar-refractivity contribution >= 4 is 33.8 Å². The average molecular weight is 687 g/mol. The van der Waals surface area contributed by atoms with Gasteiger partial charge in [-0.05, 0) is 144 Å². The Bertz CT molecular complexity index is 2080. The summed E-state index contributed by atoms with van der Waals surface area (Å²) in [4.78, 5) is 5.55. The molecule has 6 aliphatic rings. The maximum atomic E-state index is 9.59. The van der Waals surface area contributed by atoms with Gasteiger partial charge in [0.25, 0.3) is 0 Å². The fourth-order valence-corrected chi connectivity index (χ4v) is 13.1. The van der Waals surface area contributed by atoms with E-state index in [1.807, 2.05) is 22.7 Å². The van der Waals surface area contributed by atoms with E-state index in [0.29, 0.717) is 0 Å². The summed E-state index contributed by atoms with van der Waals surface area (Å²) in [5.74, 6) is 0. The third-order valence-corrected chi connectivity index (χ3v) is 15.3. The minimum absolute atomic E-state index is 0.0458. The molecule has 2 aromatic heterocycles. The number of hydrogen-bond acceptors (Lipinski definition) is 6. The Morgan fingerprint density at radius 2 is 0.880 bits per heavy atom. The molecule has 6 aliphatic carbocycles. The highest BCUT2D eigenvalue weighted by atomic mass is 32.1. The van der Waals surface area contributed by atoms with Gasteiger partial charge in [-0.1, -0.05) is 50.7 Å². The Morgan fingerprint density at radius 1 is 0.480 bits per heavy atom. The summed E-state index contributed by atoms with van der Waals surface area (Å²) in [5, 5.41) is 38.3. The Labute approximate surface area is 303 Å². The zero-order valence-electron chi connectivity index (χ0n) is 28.4. The molecule has 6 heteroatoms. The summed E-state index contributed by atoms with van der Waals surface area (Å²) in [6.45, 7) is 0. The van der Waals surface area contributed by atoms with Crippen LogP contribution in [-0.2, 0) is 10.8 Å². The van der Waals surface area contributed by atoms with Crippen LogP contribution in [0.3, 0.4) is 0 Å². The molecule has 9 rings (SSSR count). The normalized spacial score (nSPS) is 20.7. The lowest BCUT2D eigenvalue weighted by Crippen LogP contribution is -2.29. The lowest BCUT2D eigenvalue weighted by atomic mass is 9.66. The summed E-state index contributed by atoms with van der Waals surface area (Å²) >= 11 is 3.90. The standard InChI is InChI=1S/C44H38N4S2/c45-23-31(24-46)27-9-7-11-29(17-27)39-21-37-41(49-39)33-20-36-34(19-35(33)43(37)13-3-1-4-14-43)42-38(44(36)15-5-2-6-16-44)22-40(50-42)30-12-8-10-28(18-30)32(25-47)26-48/h17-22H,1-16H2. The van der Waals surface area contributed by atoms with Crippen LogP contribution in [0.4, 0.5) is 0 Å². The molecule has 2 saturated carbocycles. The minimum Gasteiger partial charge on any atom is -0.192 e. The van der Waals surface area contributed by atoms with Gasteiger partial charge >= 0.3 is 0 Å². The molecule has 0 aliphatic heterocycles. The third kappa shape index (κ3) is 4.55. The fourth-order valence-electron chi connectivity index (χ4n) is 10.4. The van der Waals surface area contributed by atoms with Gasteiger partial charge in [0.2, 0.25) is 0 Å². The van der Waals surface area contributed by atoms with Crippen LogP contribution in [0.15, 0.2) is 58.7 Å². The van der Waals surface area contributed by atoms with Crippen molar-refractivity contribution in [1.82, 2.24) is 0 Å². The van der Waals surface area contributed by atoms with Crippen molar-refractivity contribution < 1.29 is 0 Å². The summed E-state index contributed by atoms with van der Waals surface area (Å²) < 4.78 is 0. The van der Waals surface area contributed by atoms with E-state index in [4.69, 9.17) is 0 Å². The molecule has 3 aromatic rings. The molecule has 50 heavy (non-hydrogen) atoms. The van der Waals surface area contributed by atoms with Gasteiger partial charge < -0.3 is 0 Å². The average Bonchev–Trinajstić information content (AvgIpc) is 3.92. The maximum absolute atomic E-state index is 9.59. The first kappa shape index (κ1) is 31.5. The second-order valence-corrected chi connectivity index (χ2v) is 17.3. The van der Waals surface area contributed by atoms with Crippen LogP contribution in [0.1, 0.15) is 135 Å². The number of fused-ring (bicyclic) bond motifs is 10. The predicted molar refractivity (Wildman–Crippen MR) is 201 cm³/mol. The maximum Gasteiger partial charge on any atom is 0.132 e. The molecular formula is C44H38N4S2. The minimum atomic E-state index is 0.0458. The number of nitrogens with zero attached hydrogens (tertiary/aromatic N) is 4. The van der Waals surface area contributed by atoms with Crippen LogP contribution in [0, 0.1) is 45.3 Å². The Hall–Kier alpha value is -4.46. The summed E-state index contributed by atoms with van der Waals surface area (Å²) in [6.07, 6.45) is 22.2. The van der Waals surface area contributed by atoms with Crippen LogP contribution in [0.2, 0.25) is 0 Å². The van der Waals surface area contributed by atoms with Gasteiger partial charge in [0.1, 0.15) is 35.4 Å². The van der Waals surface area contributed by atoms with E-state index in [9.17, 15) is 21.0 Å². The Balaban J connectivity index is 1.21. The van der Waals surface area contributed by atoms with Crippen molar-refractivity contribution in [3.05, 3.63) is 90.7 Å². The SMILES string of the molecule is N#CC(C#N)=C1C=C(c2cc3c(s2)-c2cc4c(cc2C32CCCCC2)-c2sc(C3=CC(=C(C#N)C#N)CCC3)cc2C42CCCCC2)CCC1. The van der Waals surface area contributed by atoms with Crippen molar-refractivity contribution in [3.8, 4) is 45.2 Å². The largest absolute Gasteiger partial charge is 0.192 e. The van der Waals surface area contributed by atoms with E-state index in [-0.39, 0.29) is 22.0 Å². The highest BCUT2D eigenvalue weighted by molar-refractivity contribution is 7.17. The van der Waals surface area contributed by atoms with Crippen molar-refractivity contribution in [2.45, 2.75) is 114 Å². The number of allylic oxidation sites excluding steroid dienone is 8. The molecule has 0 amide bonds. The zero-order valence-corrected chi connectivity index (χ0v) is 30.0. The summed E-state index contributed by atoms with van der Waals surface area (Å²) in [6, 6.07) is 18.8. The van der Waals surface area contributed by atoms with E-state index < -0.39 is 0 Å². The quantitative estimate of drug-likeness (QED) is 0.251. The van der Waals surface area contributed by atoms with Crippen molar-refractivity contribution in [2.24, 2.45) is 0 Å². The fraction of sp³-hybridized carbons (Fsp3) is 0.409. The van der Waals surface area contributed by atoms with E-state index in [2.05, 4.69) is 60.7 Å². The Morgan fingerprint density at radius 3 is 1.26 bits per heavy atom. The molecular weight excluding hydrogens is 649 g/mol. The Kier molecular flexibility index (Phi) is 7.63. The molecule has 2 fully saturated rings. The number of rotatable bonds is 2. The van der Waals surface area contributed by atoms with Gasteiger partial charge in [-0.3, -0.25) is 0 Å². The molecule has 0 atom stereocenters. The van der Waals surface area contributed by atoms with Crippen LogP contribution in [0.25, 0.3) is 32.0 Å². The third-order valence-electron chi connectivity index (χ3n) is 12.8. The van der Waals surface area contributed by atoms with Gasteiger partial charge in [-0.15, -0.1) is 22.7 Å². The molecule has 0 saturated heterocycles. The molecule has 2 heterocycles. The van der Waals surface area contributed by atoms with Crippen molar-refractivity contribution in [2.75, 3.05) is 0 Å². The summed E-state index contributed by atoms with van der Waals surface area (Å²) in [7, 11) is 0. The predicted octanol–water partition coefficient (Wildman–Crippen LogP) is 12.1. The second-order valence-electron chi connectivity index (χ2n) is 15.2. The van der Waals surface area contributed by atoms with Gasteiger partial charge in [0.15, 0.2) is 0 Å². The summed E-state index contributed by atoms with van der Waals surface area (Å²) in [5.41, 5.74) is 14.0.